The number of aromatic nitrogens is 4. The van der Waals surface area contributed by atoms with E-state index in [9.17, 15) is 0 Å². The zero-order valence-corrected chi connectivity index (χ0v) is 23.6. The van der Waals surface area contributed by atoms with E-state index in [4.69, 9.17) is 9.97 Å². The summed E-state index contributed by atoms with van der Waals surface area (Å²) in [6.45, 7) is 13.9. The first-order chi connectivity index (χ1) is 18.4. The summed E-state index contributed by atoms with van der Waals surface area (Å²) in [5, 5.41) is 0. The Kier molecular flexibility index (Phi) is 7.28. The Labute approximate surface area is 227 Å². The van der Waals surface area contributed by atoms with Crippen LogP contribution in [0.15, 0.2) is 36.4 Å². The topological polar surface area (TPSA) is 63.8 Å². The molecular weight excluding hydrogens is 468 g/mol. The van der Waals surface area contributed by atoms with Crippen LogP contribution in [0.3, 0.4) is 0 Å². The molecule has 6 rings (SSSR count). The van der Waals surface area contributed by atoms with Crippen molar-refractivity contribution in [3.05, 3.63) is 48.0 Å². The first kappa shape index (κ1) is 25.6. The van der Waals surface area contributed by atoms with Crippen LogP contribution in [0.2, 0.25) is 0 Å². The Bertz CT molecular complexity index is 1280. The summed E-state index contributed by atoms with van der Waals surface area (Å²) in [4.78, 5) is 22.7. The van der Waals surface area contributed by atoms with E-state index in [1.54, 1.807) is 0 Å². The molecule has 6 heteroatoms. The maximum Gasteiger partial charge on any atom is 0.124 e. The van der Waals surface area contributed by atoms with Crippen LogP contribution in [0, 0.1) is 11.8 Å². The highest BCUT2D eigenvalue weighted by Gasteiger charge is 2.29. The van der Waals surface area contributed by atoms with Gasteiger partial charge < -0.3 is 9.97 Å². The van der Waals surface area contributed by atoms with Gasteiger partial charge in [0.15, 0.2) is 0 Å². The van der Waals surface area contributed by atoms with E-state index in [1.165, 1.54) is 62.7 Å². The number of fused-ring (bicyclic) bond motifs is 2. The molecule has 2 aromatic heterocycles. The number of benzene rings is 2. The normalized spacial score (nSPS) is 21.2. The largest absolute Gasteiger partial charge is 0.341 e. The van der Waals surface area contributed by atoms with E-state index in [-0.39, 0.29) is 0 Å². The fourth-order valence-electron chi connectivity index (χ4n) is 6.38. The van der Waals surface area contributed by atoms with Crippen molar-refractivity contribution < 1.29 is 0 Å². The van der Waals surface area contributed by atoms with Crippen LogP contribution in [0.5, 0.6) is 0 Å². The molecular formula is C32H44N6. The van der Waals surface area contributed by atoms with Crippen LogP contribution in [0.1, 0.15) is 90.0 Å². The van der Waals surface area contributed by atoms with Crippen molar-refractivity contribution in [2.24, 2.45) is 11.8 Å². The summed E-state index contributed by atoms with van der Waals surface area (Å²) >= 11 is 0. The monoisotopic (exact) mass is 512 g/mol. The first-order valence-electron chi connectivity index (χ1n) is 14.9. The van der Waals surface area contributed by atoms with E-state index in [1.807, 2.05) is 0 Å². The van der Waals surface area contributed by atoms with Gasteiger partial charge in [-0.3, -0.25) is 9.80 Å². The van der Waals surface area contributed by atoms with Crippen molar-refractivity contribution in [2.75, 3.05) is 26.2 Å². The van der Waals surface area contributed by atoms with Crippen LogP contribution in [-0.4, -0.2) is 55.9 Å². The van der Waals surface area contributed by atoms with Crippen LogP contribution in [0.25, 0.3) is 33.2 Å². The smallest absolute Gasteiger partial charge is 0.124 e. The second-order valence-electron chi connectivity index (χ2n) is 12.5. The van der Waals surface area contributed by atoms with Crippen molar-refractivity contribution in [3.63, 3.8) is 0 Å². The van der Waals surface area contributed by atoms with Gasteiger partial charge >= 0.3 is 0 Å². The van der Waals surface area contributed by atoms with Gasteiger partial charge in [0.25, 0.3) is 0 Å². The lowest BCUT2D eigenvalue weighted by molar-refractivity contribution is 0.235. The minimum atomic E-state index is 0.416. The maximum absolute atomic E-state index is 5.09. The summed E-state index contributed by atoms with van der Waals surface area (Å²) < 4.78 is 0. The van der Waals surface area contributed by atoms with Gasteiger partial charge in [0, 0.05) is 0 Å². The second-order valence-corrected chi connectivity index (χ2v) is 12.5. The number of aromatic amines is 2. The third-order valence-corrected chi connectivity index (χ3v) is 8.68. The molecule has 202 valence electrons. The lowest BCUT2D eigenvalue weighted by Crippen LogP contribution is -2.26. The Balaban J connectivity index is 1.23. The summed E-state index contributed by atoms with van der Waals surface area (Å²) in [5.41, 5.74) is 6.77. The zero-order valence-electron chi connectivity index (χ0n) is 23.6. The summed E-state index contributed by atoms with van der Waals surface area (Å²) in [6.07, 6.45) is 7.39. The molecule has 2 N–H and O–H groups in total. The van der Waals surface area contributed by atoms with Gasteiger partial charge in [-0.25, -0.2) is 9.97 Å². The molecule has 0 saturated carbocycles. The Morgan fingerprint density at radius 1 is 0.711 bits per heavy atom. The molecule has 4 aromatic rings. The van der Waals surface area contributed by atoms with E-state index >= 15 is 0 Å². The van der Waals surface area contributed by atoms with Crippen molar-refractivity contribution >= 4 is 22.1 Å². The van der Waals surface area contributed by atoms with Gasteiger partial charge in [-0.1, -0.05) is 39.8 Å². The number of imidazole rings is 2. The molecule has 2 aliphatic rings. The molecule has 2 aromatic carbocycles. The maximum atomic E-state index is 5.09. The fourth-order valence-corrected chi connectivity index (χ4v) is 6.38. The standard InChI is InChI=1S/C32H44N6/c1-21(2)13-17-37-15-5-7-29(37)31-33-25-11-9-23(19-27(25)35-31)24-10-12-26-28(20-24)36-32(34-26)30-8-6-16-38(30)18-14-22(3)4/h9-12,19-22,29-30H,5-8,13-18H2,1-4H3,(H,33,35)(H,34,36)/t29-,30-/m0/s1. The van der Waals surface area contributed by atoms with Crippen LogP contribution >= 0.6 is 0 Å². The average Bonchev–Trinajstić information content (AvgIpc) is 3.69. The number of H-pyrrole nitrogens is 2. The molecule has 38 heavy (non-hydrogen) atoms. The number of nitrogens with one attached hydrogen (secondary N) is 2. The molecule has 2 aliphatic heterocycles. The summed E-state index contributed by atoms with van der Waals surface area (Å²) in [6, 6.07) is 14.1. The van der Waals surface area contributed by atoms with Crippen molar-refractivity contribution in [1.82, 2.24) is 29.7 Å². The quantitative estimate of drug-likeness (QED) is 0.244. The van der Waals surface area contributed by atoms with E-state index in [2.05, 4.69) is 83.9 Å². The molecule has 0 amide bonds. The van der Waals surface area contributed by atoms with Gasteiger partial charge in [0.05, 0.1) is 34.2 Å². The highest BCUT2D eigenvalue weighted by atomic mass is 15.2. The highest BCUT2D eigenvalue weighted by Crippen LogP contribution is 2.35. The lowest BCUT2D eigenvalue weighted by Gasteiger charge is -2.23. The Hall–Kier alpha value is -2.70. The number of rotatable bonds is 9. The van der Waals surface area contributed by atoms with Gasteiger partial charge in [0.1, 0.15) is 11.6 Å². The minimum Gasteiger partial charge on any atom is -0.341 e. The predicted octanol–water partition coefficient (Wildman–Crippen LogP) is 7.47. The number of nitrogens with zero attached hydrogens (tertiary/aromatic N) is 4. The summed E-state index contributed by atoms with van der Waals surface area (Å²) in [5.74, 6) is 3.73. The first-order valence-corrected chi connectivity index (χ1v) is 14.9. The Morgan fingerprint density at radius 3 is 1.58 bits per heavy atom. The van der Waals surface area contributed by atoms with Crippen LogP contribution in [0.4, 0.5) is 0 Å². The third-order valence-electron chi connectivity index (χ3n) is 8.68. The molecule has 0 radical (unpaired) electrons. The molecule has 0 bridgehead atoms. The van der Waals surface area contributed by atoms with E-state index in [0.29, 0.717) is 12.1 Å². The second kappa shape index (κ2) is 10.8. The molecule has 4 heterocycles. The molecule has 2 atom stereocenters. The zero-order chi connectivity index (χ0) is 26.2. The van der Waals surface area contributed by atoms with Gasteiger partial charge in [-0.15, -0.1) is 0 Å². The Morgan fingerprint density at radius 2 is 1.16 bits per heavy atom. The van der Waals surface area contributed by atoms with Gasteiger partial charge in [-0.05, 0) is 112 Å². The third kappa shape index (κ3) is 5.26. The fraction of sp³-hybridized carbons (Fsp3) is 0.562. The molecule has 6 nitrogen and oxygen atoms in total. The molecule has 0 unspecified atom stereocenters. The molecule has 2 fully saturated rings. The molecule has 0 aliphatic carbocycles. The number of hydrogen-bond acceptors (Lipinski definition) is 4. The summed E-state index contributed by atoms with van der Waals surface area (Å²) in [7, 11) is 0. The average molecular weight is 513 g/mol. The lowest BCUT2D eigenvalue weighted by atomic mass is 10.0. The predicted molar refractivity (Wildman–Crippen MR) is 157 cm³/mol. The highest BCUT2D eigenvalue weighted by molar-refractivity contribution is 5.86. The SMILES string of the molecule is CC(C)CCN1CCC[C@H]1c1nc2cc(-c3ccc4[nH]c([C@@H]5CCCN5CCC(C)C)nc4c3)ccc2[nH]1. The van der Waals surface area contributed by atoms with Gasteiger partial charge in [-0.2, -0.15) is 0 Å². The van der Waals surface area contributed by atoms with Crippen LogP contribution < -0.4 is 0 Å². The van der Waals surface area contributed by atoms with Gasteiger partial charge in [0.2, 0.25) is 0 Å². The van der Waals surface area contributed by atoms with Crippen molar-refractivity contribution in [3.8, 4) is 11.1 Å². The van der Waals surface area contributed by atoms with Crippen molar-refractivity contribution in [1.29, 1.82) is 0 Å². The van der Waals surface area contributed by atoms with Crippen LogP contribution in [-0.2, 0) is 0 Å². The van der Waals surface area contributed by atoms with E-state index < -0.39 is 0 Å². The number of hydrogen-bond donors (Lipinski definition) is 2. The molecule has 2 saturated heterocycles. The number of likely N-dealkylation sites (tertiary alicyclic amines) is 2. The minimum absolute atomic E-state index is 0.416. The van der Waals surface area contributed by atoms with E-state index in [0.717, 1.165) is 58.6 Å². The molecule has 0 spiro atoms. The van der Waals surface area contributed by atoms with Crippen molar-refractivity contribution in [2.45, 2.75) is 78.3 Å².